The minimum Gasteiger partial charge on any atom is -0.385 e. The van der Waals surface area contributed by atoms with Crippen molar-refractivity contribution in [2.75, 3.05) is 40.8 Å². The van der Waals surface area contributed by atoms with Gasteiger partial charge in [0.2, 0.25) is 10.0 Å². The molecule has 1 aliphatic heterocycles. The van der Waals surface area contributed by atoms with Crippen LogP contribution in [0.25, 0.3) is 0 Å². The van der Waals surface area contributed by atoms with Gasteiger partial charge in [-0.25, -0.2) is 22.0 Å². The lowest BCUT2D eigenvalue weighted by molar-refractivity contribution is -0.103. The highest BCUT2D eigenvalue weighted by Crippen LogP contribution is 2.44. The minimum atomic E-state index is -4.01. The molecule has 0 radical (unpaired) electrons. The second kappa shape index (κ2) is 9.06. The minimum absolute atomic E-state index is 0.0178. The standard InChI is InChI=1S/C14H23NO8S3/c1-20-4-3-10-7-12(23-9-22-6-5-21-2)11-8-13(26(15,18)19)24-14(11)25(10,16)17/h8,10,12H,3-7,9H2,1-2H3,(H2,15,18,19). The van der Waals surface area contributed by atoms with Gasteiger partial charge in [0.15, 0.2) is 9.84 Å². The summed E-state index contributed by atoms with van der Waals surface area (Å²) in [5.74, 6) is 0. The van der Waals surface area contributed by atoms with Crippen molar-refractivity contribution in [3.8, 4) is 0 Å². The number of methoxy groups -OCH3 is 2. The van der Waals surface area contributed by atoms with Crippen molar-refractivity contribution in [3.05, 3.63) is 11.6 Å². The first-order valence-corrected chi connectivity index (χ1v) is 11.7. The van der Waals surface area contributed by atoms with Crippen LogP contribution in [0, 0.1) is 0 Å². The van der Waals surface area contributed by atoms with Gasteiger partial charge in [0.05, 0.1) is 24.6 Å². The average molecular weight is 430 g/mol. The Labute approximate surface area is 157 Å². The molecule has 12 heteroatoms. The first-order valence-electron chi connectivity index (χ1n) is 7.79. The number of sulfonamides is 1. The van der Waals surface area contributed by atoms with Crippen LogP contribution in [0.1, 0.15) is 24.5 Å². The summed E-state index contributed by atoms with van der Waals surface area (Å²) >= 11 is 0.655. The van der Waals surface area contributed by atoms with Crippen LogP contribution in [0.5, 0.6) is 0 Å². The number of thiophene rings is 1. The smallest absolute Gasteiger partial charge is 0.247 e. The van der Waals surface area contributed by atoms with E-state index < -0.39 is 31.2 Å². The van der Waals surface area contributed by atoms with E-state index in [-0.39, 0.29) is 34.7 Å². The fourth-order valence-electron chi connectivity index (χ4n) is 2.61. The Balaban J connectivity index is 2.29. The lowest BCUT2D eigenvalue weighted by Crippen LogP contribution is -2.31. The maximum atomic E-state index is 12.8. The first kappa shape index (κ1) is 21.7. The van der Waals surface area contributed by atoms with Crippen LogP contribution in [-0.2, 0) is 38.8 Å². The van der Waals surface area contributed by atoms with Crippen molar-refractivity contribution in [1.29, 1.82) is 0 Å². The predicted molar refractivity (Wildman–Crippen MR) is 94.3 cm³/mol. The fourth-order valence-corrected chi connectivity index (χ4v) is 7.25. The van der Waals surface area contributed by atoms with Gasteiger partial charge in [-0.3, -0.25) is 0 Å². The van der Waals surface area contributed by atoms with Crippen LogP contribution in [0.15, 0.2) is 14.5 Å². The molecule has 26 heavy (non-hydrogen) atoms. The van der Waals surface area contributed by atoms with Gasteiger partial charge in [0.1, 0.15) is 15.2 Å². The molecule has 2 N–H and O–H groups in total. The lowest BCUT2D eigenvalue weighted by Gasteiger charge is -2.29. The van der Waals surface area contributed by atoms with Gasteiger partial charge in [-0.1, -0.05) is 0 Å². The zero-order chi connectivity index (χ0) is 19.4. The van der Waals surface area contributed by atoms with Crippen molar-refractivity contribution in [2.45, 2.75) is 32.6 Å². The van der Waals surface area contributed by atoms with Crippen LogP contribution < -0.4 is 5.14 Å². The molecule has 1 aromatic rings. The van der Waals surface area contributed by atoms with Crippen LogP contribution in [0.2, 0.25) is 0 Å². The average Bonchev–Trinajstić information content (AvgIpc) is 3.02. The molecule has 2 heterocycles. The number of hydrogen-bond donors (Lipinski definition) is 1. The highest BCUT2D eigenvalue weighted by molar-refractivity contribution is 7.95. The Kier molecular flexibility index (Phi) is 7.56. The molecule has 0 bridgehead atoms. The quantitative estimate of drug-likeness (QED) is 0.424. The number of hydrogen-bond acceptors (Lipinski definition) is 9. The van der Waals surface area contributed by atoms with E-state index in [0.717, 1.165) is 0 Å². The van der Waals surface area contributed by atoms with Gasteiger partial charge < -0.3 is 18.9 Å². The fraction of sp³-hybridized carbons (Fsp3) is 0.714. The third-order valence-electron chi connectivity index (χ3n) is 3.93. The van der Waals surface area contributed by atoms with Crippen molar-refractivity contribution in [2.24, 2.45) is 5.14 Å². The molecular weight excluding hydrogens is 406 g/mol. The molecule has 2 atom stereocenters. The van der Waals surface area contributed by atoms with E-state index in [1.165, 1.54) is 13.2 Å². The highest BCUT2D eigenvalue weighted by atomic mass is 32.3. The zero-order valence-electron chi connectivity index (χ0n) is 14.5. The molecule has 0 saturated carbocycles. The van der Waals surface area contributed by atoms with E-state index >= 15 is 0 Å². The summed E-state index contributed by atoms with van der Waals surface area (Å²) in [5.41, 5.74) is 0.308. The van der Waals surface area contributed by atoms with Gasteiger partial charge in [-0.15, -0.1) is 11.3 Å². The van der Waals surface area contributed by atoms with Gasteiger partial charge in [0, 0.05) is 26.4 Å². The van der Waals surface area contributed by atoms with Gasteiger partial charge >= 0.3 is 0 Å². The molecule has 1 aromatic heterocycles. The van der Waals surface area contributed by atoms with E-state index in [2.05, 4.69) is 0 Å². The Morgan fingerprint density at radius 1 is 1.23 bits per heavy atom. The molecule has 0 aliphatic carbocycles. The van der Waals surface area contributed by atoms with Crippen LogP contribution in [0.3, 0.4) is 0 Å². The second-order valence-electron chi connectivity index (χ2n) is 5.71. The second-order valence-corrected chi connectivity index (χ2v) is 11.0. The van der Waals surface area contributed by atoms with Crippen LogP contribution >= 0.6 is 11.3 Å². The molecule has 0 fully saturated rings. The van der Waals surface area contributed by atoms with Crippen molar-refractivity contribution < 1.29 is 35.8 Å². The number of ether oxygens (including phenoxy) is 4. The topological polar surface area (TPSA) is 131 Å². The molecule has 0 aromatic carbocycles. The first-order chi connectivity index (χ1) is 12.2. The summed E-state index contributed by atoms with van der Waals surface area (Å²) in [4.78, 5) is 0. The zero-order valence-corrected chi connectivity index (χ0v) is 17.0. The molecule has 0 saturated heterocycles. The maximum Gasteiger partial charge on any atom is 0.247 e. The molecule has 9 nitrogen and oxygen atoms in total. The number of primary sulfonamides is 1. The molecule has 1 aliphatic rings. The summed E-state index contributed by atoms with van der Waals surface area (Å²) in [7, 11) is -4.67. The van der Waals surface area contributed by atoms with E-state index in [1.807, 2.05) is 0 Å². The summed E-state index contributed by atoms with van der Waals surface area (Å²) in [6, 6.07) is 1.28. The van der Waals surface area contributed by atoms with Gasteiger partial charge in [0.25, 0.3) is 0 Å². The Bertz CT molecular complexity index is 802. The summed E-state index contributed by atoms with van der Waals surface area (Å²) < 4.78 is 69.5. The molecule has 2 rings (SSSR count). The SMILES string of the molecule is COCCOCOC1CC(CCOC)S(=O)(=O)c2sc(S(N)(=O)=O)cc21. The predicted octanol–water partition coefficient (Wildman–Crippen LogP) is 0.656. The third-order valence-corrected chi connectivity index (χ3v) is 9.30. The summed E-state index contributed by atoms with van der Waals surface area (Å²) in [6.07, 6.45) is -0.136. The van der Waals surface area contributed by atoms with E-state index in [1.54, 1.807) is 7.11 Å². The molecule has 0 amide bonds. The largest absolute Gasteiger partial charge is 0.385 e. The number of rotatable bonds is 10. The molecule has 0 spiro atoms. The van der Waals surface area contributed by atoms with Gasteiger partial charge in [-0.05, 0) is 18.9 Å². The maximum absolute atomic E-state index is 12.8. The Hall–Kier alpha value is -0.600. The van der Waals surface area contributed by atoms with Gasteiger partial charge in [-0.2, -0.15) is 0 Å². The van der Waals surface area contributed by atoms with E-state index in [9.17, 15) is 16.8 Å². The normalized spacial score (nSPS) is 22.3. The number of fused-ring (bicyclic) bond motifs is 1. The Morgan fingerprint density at radius 2 is 1.92 bits per heavy atom. The van der Waals surface area contributed by atoms with E-state index in [4.69, 9.17) is 24.1 Å². The number of sulfone groups is 1. The lowest BCUT2D eigenvalue weighted by atomic mass is 10.1. The van der Waals surface area contributed by atoms with Crippen molar-refractivity contribution in [1.82, 2.24) is 0 Å². The molecule has 150 valence electrons. The Morgan fingerprint density at radius 3 is 2.54 bits per heavy atom. The van der Waals surface area contributed by atoms with Crippen molar-refractivity contribution >= 4 is 31.2 Å². The van der Waals surface area contributed by atoms with E-state index in [0.29, 0.717) is 30.1 Å². The third kappa shape index (κ3) is 5.01. The molecular formula is C14H23NO8S3. The number of nitrogens with two attached hydrogens (primary N) is 1. The summed E-state index contributed by atoms with van der Waals surface area (Å²) in [5, 5.41) is 4.43. The van der Waals surface area contributed by atoms with Crippen LogP contribution in [0.4, 0.5) is 0 Å². The highest BCUT2D eigenvalue weighted by Gasteiger charge is 2.42. The summed E-state index contributed by atoms with van der Waals surface area (Å²) in [6.45, 7) is 0.931. The molecule has 2 unspecified atom stereocenters. The van der Waals surface area contributed by atoms with Crippen LogP contribution in [-0.4, -0.2) is 62.9 Å². The van der Waals surface area contributed by atoms with Crippen molar-refractivity contribution in [3.63, 3.8) is 0 Å². The monoisotopic (exact) mass is 429 g/mol.